The summed E-state index contributed by atoms with van der Waals surface area (Å²) in [6.45, 7) is 7.97. The molecule has 0 saturated carbocycles. The average molecular weight is 239 g/mol. The molecule has 0 radical (unpaired) electrons. The lowest BCUT2D eigenvalue weighted by Gasteiger charge is -2.10. The number of hydrogen-bond donors (Lipinski definition) is 1. The molecule has 0 aromatic carbocycles. The minimum atomic E-state index is 0.349. The highest BCUT2D eigenvalue weighted by molar-refractivity contribution is 7.99. The second-order valence-electron chi connectivity index (χ2n) is 3.72. The van der Waals surface area contributed by atoms with Crippen molar-refractivity contribution in [2.24, 2.45) is 5.16 Å². The molecule has 0 aliphatic carbocycles. The van der Waals surface area contributed by atoms with E-state index in [0.717, 1.165) is 16.5 Å². The molecule has 1 heterocycles. The Balaban J connectivity index is 3.17. The van der Waals surface area contributed by atoms with Crippen LogP contribution in [0.1, 0.15) is 45.0 Å². The Hall–Kier alpha value is -1.10. The molecule has 88 valence electrons. The summed E-state index contributed by atoms with van der Waals surface area (Å²) in [6.07, 6.45) is 1.66. The van der Waals surface area contributed by atoms with E-state index in [0.29, 0.717) is 17.3 Å². The zero-order valence-corrected chi connectivity index (χ0v) is 10.9. The topological polar surface area (TPSA) is 58.4 Å². The van der Waals surface area contributed by atoms with Crippen LogP contribution in [0.2, 0.25) is 0 Å². The lowest BCUT2D eigenvalue weighted by atomic mass is 10.1. The van der Waals surface area contributed by atoms with Crippen LogP contribution in [0.15, 0.2) is 16.4 Å². The molecular formula is C11H17N3OS. The number of rotatable bonds is 4. The maximum Gasteiger partial charge on any atom is 0.119 e. The van der Waals surface area contributed by atoms with Crippen LogP contribution in [0.5, 0.6) is 0 Å². The van der Waals surface area contributed by atoms with Crippen LogP contribution in [-0.4, -0.2) is 26.6 Å². The fraction of sp³-hybridized carbons (Fsp3) is 0.545. The third kappa shape index (κ3) is 2.95. The van der Waals surface area contributed by atoms with Gasteiger partial charge in [-0.1, -0.05) is 25.9 Å². The van der Waals surface area contributed by atoms with Crippen LogP contribution < -0.4 is 0 Å². The van der Waals surface area contributed by atoms with Gasteiger partial charge in [0.2, 0.25) is 0 Å². The van der Waals surface area contributed by atoms with Gasteiger partial charge in [0, 0.05) is 0 Å². The molecule has 0 spiro atoms. The van der Waals surface area contributed by atoms with E-state index in [4.69, 9.17) is 5.21 Å². The molecule has 1 N–H and O–H groups in total. The largest absolute Gasteiger partial charge is 0.411 e. The molecule has 1 rings (SSSR count). The van der Waals surface area contributed by atoms with E-state index in [1.165, 1.54) is 0 Å². The first-order valence-corrected chi connectivity index (χ1v) is 6.27. The van der Waals surface area contributed by atoms with Crippen LogP contribution in [0.3, 0.4) is 0 Å². The van der Waals surface area contributed by atoms with E-state index in [1.54, 1.807) is 24.9 Å². The van der Waals surface area contributed by atoms with Crippen LogP contribution in [0.25, 0.3) is 0 Å². The third-order valence-electron chi connectivity index (χ3n) is 2.12. The highest BCUT2D eigenvalue weighted by atomic mass is 32.2. The first-order chi connectivity index (χ1) is 7.60. The van der Waals surface area contributed by atoms with Gasteiger partial charge in [-0.3, -0.25) is 4.98 Å². The van der Waals surface area contributed by atoms with E-state index in [2.05, 4.69) is 35.9 Å². The molecule has 4 nitrogen and oxygen atoms in total. The summed E-state index contributed by atoms with van der Waals surface area (Å²) in [7, 11) is 0. The molecule has 0 aliphatic rings. The minimum absolute atomic E-state index is 0.349. The minimum Gasteiger partial charge on any atom is -0.411 e. The van der Waals surface area contributed by atoms with E-state index < -0.39 is 0 Å². The summed E-state index contributed by atoms with van der Waals surface area (Å²) in [5, 5.41) is 12.8. The van der Waals surface area contributed by atoms with Crippen molar-refractivity contribution in [3.63, 3.8) is 0 Å². The Labute approximate surface area is 100 Å². The van der Waals surface area contributed by atoms with E-state index in [9.17, 15) is 0 Å². The van der Waals surface area contributed by atoms with Gasteiger partial charge in [0.05, 0.1) is 11.9 Å². The number of thioether (sulfide) groups is 1. The monoisotopic (exact) mass is 239 g/mol. The van der Waals surface area contributed by atoms with Crippen LogP contribution >= 0.6 is 11.8 Å². The van der Waals surface area contributed by atoms with Gasteiger partial charge in [0.15, 0.2) is 0 Å². The Bertz CT molecular complexity index is 391. The van der Waals surface area contributed by atoms with Crippen molar-refractivity contribution in [1.82, 2.24) is 9.97 Å². The Morgan fingerprint density at radius 3 is 2.75 bits per heavy atom. The number of nitrogens with zero attached hydrogens (tertiary/aromatic N) is 3. The summed E-state index contributed by atoms with van der Waals surface area (Å²) in [6, 6.07) is 0. The lowest BCUT2D eigenvalue weighted by molar-refractivity contribution is 0.319. The molecule has 0 atom stereocenters. The average Bonchev–Trinajstić information content (AvgIpc) is 2.28. The van der Waals surface area contributed by atoms with Gasteiger partial charge in [0.25, 0.3) is 0 Å². The molecule has 1 aromatic rings. The van der Waals surface area contributed by atoms with Crippen molar-refractivity contribution >= 4 is 17.5 Å². The third-order valence-corrected chi connectivity index (χ3v) is 2.98. The molecule has 0 bridgehead atoms. The van der Waals surface area contributed by atoms with Gasteiger partial charge >= 0.3 is 0 Å². The van der Waals surface area contributed by atoms with Gasteiger partial charge < -0.3 is 5.21 Å². The van der Waals surface area contributed by atoms with Gasteiger partial charge in [-0.2, -0.15) is 0 Å². The Morgan fingerprint density at radius 1 is 1.56 bits per heavy atom. The van der Waals surface area contributed by atoms with E-state index >= 15 is 0 Å². The molecule has 5 heteroatoms. The molecule has 0 aliphatic heterocycles. The first kappa shape index (κ1) is 13.0. The second kappa shape index (κ2) is 5.84. The molecule has 0 saturated heterocycles. The van der Waals surface area contributed by atoms with E-state index in [-0.39, 0.29) is 0 Å². The van der Waals surface area contributed by atoms with Crippen molar-refractivity contribution in [2.75, 3.05) is 5.75 Å². The Kier molecular flexibility index (Phi) is 4.73. The normalized spacial score (nSPS) is 12.2. The standard InChI is InChI=1S/C11H17N3OS/c1-5-16-11-10(7(2)3)12-6-9(13-11)8(4)14-15/h6-7,15H,5H2,1-4H3/b14-8+. The fourth-order valence-corrected chi connectivity index (χ4v) is 2.12. The molecular weight excluding hydrogens is 222 g/mol. The van der Waals surface area contributed by atoms with Crippen molar-refractivity contribution in [1.29, 1.82) is 0 Å². The molecule has 0 amide bonds. The van der Waals surface area contributed by atoms with Crippen molar-refractivity contribution < 1.29 is 5.21 Å². The molecule has 1 aromatic heterocycles. The fourth-order valence-electron chi connectivity index (χ4n) is 1.25. The number of oxime groups is 1. The summed E-state index contributed by atoms with van der Waals surface area (Å²) < 4.78 is 0. The highest BCUT2D eigenvalue weighted by Crippen LogP contribution is 2.24. The smallest absolute Gasteiger partial charge is 0.119 e. The quantitative estimate of drug-likeness (QED) is 0.380. The number of hydrogen-bond acceptors (Lipinski definition) is 5. The molecule has 0 fully saturated rings. The molecule has 0 unspecified atom stereocenters. The van der Waals surface area contributed by atoms with Gasteiger partial charge in [-0.25, -0.2) is 4.98 Å². The summed E-state index contributed by atoms with van der Waals surface area (Å²) >= 11 is 1.66. The maximum atomic E-state index is 8.70. The Morgan fingerprint density at radius 2 is 2.25 bits per heavy atom. The van der Waals surface area contributed by atoms with Crippen molar-refractivity contribution in [3.05, 3.63) is 17.6 Å². The highest BCUT2D eigenvalue weighted by Gasteiger charge is 2.12. The summed E-state index contributed by atoms with van der Waals surface area (Å²) in [4.78, 5) is 8.85. The van der Waals surface area contributed by atoms with Crippen molar-refractivity contribution in [2.45, 2.75) is 38.6 Å². The van der Waals surface area contributed by atoms with E-state index in [1.807, 2.05) is 0 Å². The summed E-state index contributed by atoms with van der Waals surface area (Å²) in [5.74, 6) is 1.30. The SMILES string of the molecule is CCSc1nc(/C(C)=N/O)cnc1C(C)C. The van der Waals surface area contributed by atoms with Crippen LogP contribution in [0.4, 0.5) is 0 Å². The zero-order valence-electron chi connectivity index (χ0n) is 10.1. The molecule has 16 heavy (non-hydrogen) atoms. The lowest BCUT2D eigenvalue weighted by Crippen LogP contribution is -2.06. The van der Waals surface area contributed by atoms with Gasteiger partial charge in [-0.15, -0.1) is 11.8 Å². The number of aromatic nitrogens is 2. The van der Waals surface area contributed by atoms with Crippen LogP contribution in [-0.2, 0) is 0 Å². The first-order valence-electron chi connectivity index (χ1n) is 5.28. The van der Waals surface area contributed by atoms with Crippen molar-refractivity contribution in [3.8, 4) is 0 Å². The van der Waals surface area contributed by atoms with Crippen LogP contribution in [0, 0.1) is 0 Å². The predicted molar refractivity (Wildman–Crippen MR) is 66.5 cm³/mol. The van der Waals surface area contributed by atoms with Gasteiger partial charge in [0.1, 0.15) is 16.4 Å². The second-order valence-corrected chi connectivity index (χ2v) is 4.97. The summed E-state index contributed by atoms with van der Waals surface area (Å²) in [5.41, 5.74) is 2.12. The zero-order chi connectivity index (χ0) is 12.1. The maximum absolute atomic E-state index is 8.70. The van der Waals surface area contributed by atoms with Gasteiger partial charge in [-0.05, 0) is 18.6 Å². The predicted octanol–water partition coefficient (Wildman–Crippen LogP) is 2.91.